The topological polar surface area (TPSA) is 65.2 Å². The first-order chi connectivity index (χ1) is 11.2. The zero-order valence-electron chi connectivity index (χ0n) is 13.4. The molecule has 1 aliphatic carbocycles. The number of thiazole rings is 1. The SMILES string of the molecule is CCc1nc(C2CCCC2)c(-c2ccc(OCC(N)=O)cc2)s1. The maximum absolute atomic E-state index is 10.8. The van der Waals surface area contributed by atoms with Crippen molar-refractivity contribution < 1.29 is 9.53 Å². The smallest absolute Gasteiger partial charge is 0.255 e. The molecule has 122 valence electrons. The van der Waals surface area contributed by atoms with Crippen LogP contribution >= 0.6 is 11.3 Å². The fraction of sp³-hybridized carbons (Fsp3) is 0.444. The average Bonchev–Trinajstić information content (AvgIpc) is 3.22. The van der Waals surface area contributed by atoms with Crippen molar-refractivity contribution in [1.29, 1.82) is 0 Å². The summed E-state index contributed by atoms with van der Waals surface area (Å²) in [6.45, 7) is 2.06. The summed E-state index contributed by atoms with van der Waals surface area (Å²) in [5, 5.41) is 1.20. The lowest BCUT2D eigenvalue weighted by molar-refractivity contribution is -0.119. The Balaban J connectivity index is 1.85. The van der Waals surface area contributed by atoms with Gasteiger partial charge in [-0.15, -0.1) is 11.3 Å². The molecule has 0 atom stereocenters. The van der Waals surface area contributed by atoms with Crippen LogP contribution in [-0.4, -0.2) is 17.5 Å². The fourth-order valence-corrected chi connectivity index (χ4v) is 4.16. The van der Waals surface area contributed by atoms with Crippen LogP contribution in [0.4, 0.5) is 0 Å². The molecule has 0 radical (unpaired) electrons. The van der Waals surface area contributed by atoms with Crippen LogP contribution in [0.15, 0.2) is 24.3 Å². The van der Waals surface area contributed by atoms with Crippen molar-refractivity contribution in [2.24, 2.45) is 5.73 Å². The van der Waals surface area contributed by atoms with E-state index in [1.807, 2.05) is 24.3 Å². The third kappa shape index (κ3) is 3.72. The van der Waals surface area contributed by atoms with E-state index in [1.165, 1.54) is 46.8 Å². The molecule has 0 bridgehead atoms. The van der Waals surface area contributed by atoms with Gasteiger partial charge in [0, 0.05) is 5.92 Å². The van der Waals surface area contributed by atoms with Crippen molar-refractivity contribution in [3.63, 3.8) is 0 Å². The standard InChI is InChI=1S/C18H22N2O2S/c1-2-16-20-17(12-5-3-4-6-12)18(23-16)13-7-9-14(10-8-13)22-11-15(19)21/h7-10,12H,2-6,11H2,1H3,(H2,19,21). The highest BCUT2D eigenvalue weighted by molar-refractivity contribution is 7.15. The van der Waals surface area contributed by atoms with E-state index in [2.05, 4.69) is 6.92 Å². The van der Waals surface area contributed by atoms with Gasteiger partial charge >= 0.3 is 0 Å². The number of carbonyl (C=O) groups is 1. The normalized spacial score (nSPS) is 15.0. The maximum atomic E-state index is 10.8. The van der Waals surface area contributed by atoms with E-state index in [-0.39, 0.29) is 6.61 Å². The molecule has 1 saturated carbocycles. The fourth-order valence-electron chi connectivity index (χ4n) is 3.07. The van der Waals surface area contributed by atoms with Crippen molar-refractivity contribution in [2.45, 2.75) is 44.9 Å². The van der Waals surface area contributed by atoms with Gasteiger partial charge in [-0.3, -0.25) is 4.79 Å². The third-order valence-electron chi connectivity index (χ3n) is 4.24. The summed E-state index contributed by atoms with van der Waals surface area (Å²) < 4.78 is 5.33. The van der Waals surface area contributed by atoms with Gasteiger partial charge in [0.1, 0.15) is 5.75 Å². The Bertz CT molecular complexity index is 673. The Morgan fingerprint density at radius 2 is 2.00 bits per heavy atom. The predicted octanol–water partition coefficient (Wildman–Crippen LogP) is 3.89. The van der Waals surface area contributed by atoms with Crippen LogP contribution < -0.4 is 10.5 Å². The number of primary amides is 1. The van der Waals surface area contributed by atoms with Gasteiger partial charge in [0.05, 0.1) is 15.6 Å². The van der Waals surface area contributed by atoms with E-state index in [0.717, 1.165) is 6.42 Å². The number of aryl methyl sites for hydroxylation is 1. The number of nitrogens with two attached hydrogens (primary N) is 1. The van der Waals surface area contributed by atoms with Crippen LogP contribution in [-0.2, 0) is 11.2 Å². The lowest BCUT2D eigenvalue weighted by Gasteiger charge is -2.10. The van der Waals surface area contributed by atoms with Gasteiger partial charge in [-0.25, -0.2) is 4.98 Å². The summed E-state index contributed by atoms with van der Waals surface area (Å²) in [6, 6.07) is 7.87. The van der Waals surface area contributed by atoms with Crippen LogP contribution in [0.25, 0.3) is 10.4 Å². The molecule has 0 saturated heterocycles. The maximum Gasteiger partial charge on any atom is 0.255 e. The summed E-state index contributed by atoms with van der Waals surface area (Å²) in [6.07, 6.45) is 6.09. The second kappa shape index (κ2) is 7.13. The average molecular weight is 330 g/mol. The number of amides is 1. The predicted molar refractivity (Wildman–Crippen MR) is 92.8 cm³/mol. The van der Waals surface area contributed by atoms with Gasteiger partial charge < -0.3 is 10.5 Å². The first-order valence-corrected chi connectivity index (χ1v) is 9.00. The molecule has 1 fully saturated rings. The Morgan fingerprint density at radius 1 is 1.30 bits per heavy atom. The van der Waals surface area contributed by atoms with Crippen molar-refractivity contribution in [3.8, 4) is 16.2 Å². The number of benzene rings is 1. The van der Waals surface area contributed by atoms with Gasteiger partial charge in [0.25, 0.3) is 5.91 Å². The number of hydrogen-bond donors (Lipinski definition) is 1. The van der Waals surface area contributed by atoms with E-state index in [9.17, 15) is 4.79 Å². The molecular weight excluding hydrogens is 308 g/mol. The molecule has 3 rings (SSSR count). The summed E-state index contributed by atoms with van der Waals surface area (Å²) in [5.41, 5.74) is 7.55. The van der Waals surface area contributed by atoms with Crippen molar-refractivity contribution in [1.82, 2.24) is 4.98 Å². The van der Waals surface area contributed by atoms with E-state index in [4.69, 9.17) is 15.5 Å². The van der Waals surface area contributed by atoms with Gasteiger partial charge in [-0.05, 0) is 49.1 Å². The number of nitrogens with zero attached hydrogens (tertiary/aromatic N) is 1. The third-order valence-corrected chi connectivity index (χ3v) is 5.50. The highest BCUT2D eigenvalue weighted by Gasteiger charge is 2.24. The van der Waals surface area contributed by atoms with E-state index < -0.39 is 5.91 Å². The van der Waals surface area contributed by atoms with E-state index in [1.54, 1.807) is 11.3 Å². The Kier molecular flexibility index (Phi) is 4.96. The second-order valence-electron chi connectivity index (χ2n) is 5.94. The van der Waals surface area contributed by atoms with Crippen LogP contribution in [0, 0.1) is 0 Å². The minimum atomic E-state index is -0.465. The first-order valence-electron chi connectivity index (χ1n) is 8.18. The molecule has 1 aromatic carbocycles. The first kappa shape index (κ1) is 16.0. The zero-order valence-corrected chi connectivity index (χ0v) is 14.2. The molecule has 2 N–H and O–H groups in total. The highest BCUT2D eigenvalue weighted by Crippen LogP contribution is 2.42. The monoisotopic (exact) mass is 330 g/mol. The van der Waals surface area contributed by atoms with Crippen molar-refractivity contribution >= 4 is 17.2 Å². The minimum absolute atomic E-state index is 0.0901. The molecule has 4 nitrogen and oxygen atoms in total. The zero-order chi connectivity index (χ0) is 16.2. The summed E-state index contributed by atoms with van der Waals surface area (Å²) in [4.78, 5) is 17.0. The van der Waals surface area contributed by atoms with Crippen LogP contribution in [0.3, 0.4) is 0 Å². The van der Waals surface area contributed by atoms with Crippen LogP contribution in [0.1, 0.15) is 49.2 Å². The number of rotatable bonds is 6. The summed E-state index contributed by atoms with van der Waals surface area (Å²) in [5.74, 6) is 0.801. The number of hydrogen-bond acceptors (Lipinski definition) is 4. The molecule has 1 aliphatic rings. The molecule has 0 unspecified atom stereocenters. The molecule has 1 amide bonds. The van der Waals surface area contributed by atoms with Crippen molar-refractivity contribution in [2.75, 3.05) is 6.61 Å². The van der Waals surface area contributed by atoms with E-state index >= 15 is 0 Å². The van der Waals surface area contributed by atoms with Gasteiger partial charge in [0.2, 0.25) is 0 Å². The largest absolute Gasteiger partial charge is 0.484 e. The molecule has 5 heteroatoms. The summed E-state index contributed by atoms with van der Waals surface area (Å²) >= 11 is 1.80. The van der Waals surface area contributed by atoms with E-state index in [0.29, 0.717) is 11.7 Å². The molecule has 0 aliphatic heterocycles. The van der Waals surface area contributed by atoms with Gasteiger partial charge in [-0.1, -0.05) is 19.8 Å². The summed E-state index contributed by atoms with van der Waals surface area (Å²) in [7, 11) is 0. The second-order valence-corrected chi connectivity index (χ2v) is 7.02. The van der Waals surface area contributed by atoms with Crippen LogP contribution in [0.2, 0.25) is 0 Å². The highest BCUT2D eigenvalue weighted by atomic mass is 32.1. The Hall–Kier alpha value is -1.88. The minimum Gasteiger partial charge on any atom is -0.484 e. The Morgan fingerprint density at radius 3 is 2.61 bits per heavy atom. The van der Waals surface area contributed by atoms with Gasteiger partial charge in [-0.2, -0.15) is 0 Å². The molecule has 2 aromatic rings. The molecule has 23 heavy (non-hydrogen) atoms. The Labute approximate surface area is 140 Å². The molecule has 1 aromatic heterocycles. The van der Waals surface area contributed by atoms with Crippen LogP contribution in [0.5, 0.6) is 5.75 Å². The lowest BCUT2D eigenvalue weighted by Crippen LogP contribution is -2.19. The number of aromatic nitrogens is 1. The number of carbonyl (C=O) groups excluding carboxylic acids is 1. The molecule has 0 spiro atoms. The molecular formula is C18H22N2O2S. The molecule has 1 heterocycles. The van der Waals surface area contributed by atoms with Crippen molar-refractivity contribution in [3.05, 3.63) is 35.0 Å². The number of ether oxygens (including phenoxy) is 1. The quantitative estimate of drug-likeness (QED) is 0.873. The van der Waals surface area contributed by atoms with Gasteiger partial charge in [0.15, 0.2) is 6.61 Å². The lowest BCUT2D eigenvalue weighted by atomic mass is 10.00.